The normalized spacial score (nSPS) is 25.4. The molecule has 1 saturated carbocycles. The van der Waals surface area contributed by atoms with Crippen molar-refractivity contribution >= 4 is 11.9 Å². The van der Waals surface area contributed by atoms with E-state index in [2.05, 4.69) is 0 Å². The van der Waals surface area contributed by atoms with Gasteiger partial charge in [0.25, 0.3) is 0 Å². The second kappa shape index (κ2) is 6.57. The molecule has 1 unspecified atom stereocenters. The van der Waals surface area contributed by atoms with E-state index >= 15 is 0 Å². The van der Waals surface area contributed by atoms with E-state index in [-0.39, 0.29) is 18.4 Å². The van der Waals surface area contributed by atoms with Gasteiger partial charge >= 0.3 is 5.97 Å². The van der Waals surface area contributed by atoms with Gasteiger partial charge in [0, 0.05) is 26.6 Å². The minimum Gasteiger partial charge on any atom is -0.481 e. The van der Waals surface area contributed by atoms with Crippen LogP contribution in [0.3, 0.4) is 0 Å². The minimum atomic E-state index is -0.821. The molecule has 1 aliphatic heterocycles. The summed E-state index contributed by atoms with van der Waals surface area (Å²) in [4.78, 5) is 25.4. The second-order valence-electron chi connectivity index (χ2n) is 6.23. The first-order valence-corrected chi connectivity index (χ1v) is 7.62. The largest absolute Gasteiger partial charge is 0.481 e. The van der Waals surface area contributed by atoms with Gasteiger partial charge < -0.3 is 14.7 Å². The SMILES string of the molecule is CN(CC1CCCCO1)C(=O)CC1(C(=O)O)CCCC1. The zero-order valence-corrected chi connectivity index (χ0v) is 12.3. The molecule has 0 spiro atoms. The predicted octanol–water partition coefficient (Wildman–Crippen LogP) is 2.05. The van der Waals surface area contributed by atoms with E-state index in [1.54, 1.807) is 11.9 Å². The Morgan fingerprint density at radius 3 is 2.50 bits per heavy atom. The van der Waals surface area contributed by atoms with Gasteiger partial charge in [0.2, 0.25) is 5.91 Å². The number of carbonyl (C=O) groups is 2. The fraction of sp³-hybridized carbons (Fsp3) is 0.867. The lowest BCUT2D eigenvalue weighted by Gasteiger charge is -2.30. The first kappa shape index (κ1) is 15.3. The molecule has 5 heteroatoms. The number of likely N-dealkylation sites (N-methyl/N-ethyl adjacent to an activating group) is 1. The Kier molecular flexibility index (Phi) is 5.02. The standard InChI is InChI=1S/C15H25NO4/c1-16(11-12-6-2-5-9-20-12)13(17)10-15(14(18)19)7-3-4-8-15/h12H,2-11H2,1H3,(H,18,19). The highest BCUT2D eigenvalue weighted by Crippen LogP contribution is 2.41. The number of rotatable bonds is 5. The molecule has 114 valence electrons. The number of carboxylic acids is 1. The summed E-state index contributed by atoms with van der Waals surface area (Å²) in [5, 5.41) is 9.42. The van der Waals surface area contributed by atoms with Gasteiger partial charge in [-0.05, 0) is 32.1 Å². The molecule has 1 N–H and O–H groups in total. The molecule has 5 nitrogen and oxygen atoms in total. The highest BCUT2D eigenvalue weighted by molar-refractivity contribution is 5.85. The van der Waals surface area contributed by atoms with Crippen molar-refractivity contribution < 1.29 is 19.4 Å². The Hall–Kier alpha value is -1.10. The summed E-state index contributed by atoms with van der Waals surface area (Å²) in [5.41, 5.74) is -0.821. The molecule has 0 aromatic rings. The van der Waals surface area contributed by atoms with Gasteiger partial charge in [0.05, 0.1) is 11.5 Å². The van der Waals surface area contributed by atoms with Gasteiger partial charge in [-0.2, -0.15) is 0 Å². The fourth-order valence-corrected chi connectivity index (χ4v) is 3.30. The average Bonchev–Trinajstić information content (AvgIpc) is 2.89. The number of ether oxygens (including phenoxy) is 1. The predicted molar refractivity (Wildman–Crippen MR) is 74.4 cm³/mol. The van der Waals surface area contributed by atoms with Crippen LogP contribution < -0.4 is 0 Å². The summed E-state index contributed by atoms with van der Waals surface area (Å²) >= 11 is 0. The highest BCUT2D eigenvalue weighted by Gasteiger charge is 2.43. The van der Waals surface area contributed by atoms with Crippen LogP contribution >= 0.6 is 0 Å². The van der Waals surface area contributed by atoms with Crippen molar-refractivity contribution in [2.45, 2.75) is 57.5 Å². The van der Waals surface area contributed by atoms with Crippen LogP contribution in [0.5, 0.6) is 0 Å². The van der Waals surface area contributed by atoms with E-state index in [0.29, 0.717) is 19.4 Å². The van der Waals surface area contributed by atoms with Gasteiger partial charge in [0.15, 0.2) is 0 Å². The molecule has 0 bridgehead atoms. The van der Waals surface area contributed by atoms with E-state index in [4.69, 9.17) is 4.74 Å². The lowest BCUT2D eigenvalue weighted by atomic mass is 9.82. The first-order valence-electron chi connectivity index (χ1n) is 7.62. The number of carboxylic acid groups (broad SMARTS) is 1. The molecular formula is C15H25NO4. The van der Waals surface area contributed by atoms with Crippen LogP contribution in [0.2, 0.25) is 0 Å². The Balaban J connectivity index is 1.87. The van der Waals surface area contributed by atoms with E-state index in [1.165, 1.54) is 0 Å². The third-order valence-electron chi connectivity index (χ3n) is 4.68. The summed E-state index contributed by atoms with van der Waals surface area (Å²) in [7, 11) is 1.75. The summed E-state index contributed by atoms with van der Waals surface area (Å²) in [6.45, 7) is 1.35. The average molecular weight is 283 g/mol. The lowest BCUT2D eigenvalue weighted by molar-refractivity contribution is -0.153. The summed E-state index contributed by atoms with van der Waals surface area (Å²) in [6, 6.07) is 0. The van der Waals surface area contributed by atoms with E-state index in [0.717, 1.165) is 38.7 Å². The van der Waals surface area contributed by atoms with E-state index in [1.807, 2.05) is 0 Å². The Labute approximate surface area is 120 Å². The molecule has 2 rings (SSSR count). The van der Waals surface area contributed by atoms with Crippen molar-refractivity contribution in [1.82, 2.24) is 4.90 Å². The molecule has 1 amide bonds. The molecule has 0 radical (unpaired) electrons. The van der Waals surface area contributed by atoms with Crippen LogP contribution in [0.1, 0.15) is 51.4 Å². The maximum Gasteiger partial charge on any atom is 0.310 e. The number of nitrogens with zero attached hydrogens (tertiary/aromatic N) is 1. The van der Waals surface area contributed by atoms with Crippen molar-refractivity contribution in [1.29, 1.82) is 0 Å². The van der Waals surface area contributed by atoms with Crippen LogP contribution in [0, 0.1) is 5.41 Å². The Morgan fingerprint density at radius 1 is 1.25 bits per heavy atom. The van der Waals surface area contributed by atoms with Crippen LogP contribution in [-0.2, 0) is 14.3 Å². The number of hydrogen-bond acceptors (Lipinski definition) is 3. The number of carbonyl (C=O) groups excluding carboxylic acids is 1. The monoisotopic (exact) mass is 283 g/mol. The lowest BCUT2D eigenvalue weighted by Crippen LogP contribution is -2.41. The number of hydrogen-bond donors (Lipinski definition) is 1. The Morgan fingerprint density at radius 2 is 1.95 bits per heavy atom. The van der Waals surface area contributed by atoms with Crippen molar-refractivity contribution in [2.24, 2.45) is 5.41 Å². The molecular weight excluding hydrogens is 258 g/mol. The van der Waals surface area contributed by atoms with E-state index in [9.17, 15) is 14.7 Å². The smallest absolute Gasteiger partial charge is 0.310 e. The van der Waals surface area contributed by atoms with Crippen LogP contribution in [0.25, 0.3) is 0 Å². The van der Waals surface area contributed by atoms with Gasteiger partial charge in [-0.3, -0.25) is 9.59 Å². The zero-order chi connectivity index (χ0) is 14.6. The van der Waals surface area contributed by atoms with Crippen LogP contribution in [0.4, 0.5) is 0 Å². The summed E-state index contributed by atoms with van der Waals surface area (Å²) in [5.74, 6) is -0.880. The quantitative estimate of drug-likeness (QED) is 0.838. The van der Waals surface area contributed by atoms with Crippen molar-refractivity contribution in [3.8, 4) is 0 Å². The fourth-order valence-electron chi connectivity index (χ4n) is 3.30. The maximum absolute atomic E-state index is 12.3. The molecule has 0 aromatic heterocycles. The second-order valence-corrected chi connectivity index (χ2v) is 6.23. The van der Waals surface area contributed by atoms with Crippen LogP contribution in [-0.4, -0.2) is 48.2 Å². The van der Waals surface area contributed by atoms with Crippen molar-refractivity contribution in [2.75, 3.05) is 20.2 Å². The molecule has 1 heterocycles. The molecule has 0 aromatic carbocycles. The zero-order valence-electron chi connectivity index (χ0n) is 12.3. The first-order chi connectivity index (χ1) is 9.53. The molecule has 1 aliphatic carbocycles. The molecule has 20 heavy (non-hydrogen) atoms. The van der Waals surface area contributed by atoms with Gasteiger partial charge in [0.1, 0.15) is 0 Å². The number of aliphatic carboxylic acids is 1. The summed E-state index contributed by atoms with van der Waals surface area (Å²) < 4.78 is 5.63. The van der Waals surface area contributed by atoms with Crippen molar-refractivity contribution in [3.05, 3.63) is 0 Å². The molecule has 2 aliphatic rings. The molecule has 1 atom stereocenters. The number of amides is 1. The van der Waals surface area contributed by atoms with Gasteiger partial charge in [-0.15, -0.1) is 0 Å². The Bertz CT molecular complexity index is 357. The topological polar surface area (TPSA) is 66.8 Å². The van der Waals surface area contributed by atoms with Gasteiger partial charge in [-0.1, -0.05) is 12.8 Å². The summed E-state index contributed by atoms with van der Waals surface area (Å²) in [6.07, 6.45) is 6.55. The highest BCUT2D eigenvalue weighted by atomic mass is 16.5. The molecule has 2 fully saturated rings. The van der Waals surface area contributed by atoms with Crippen LogP contribution in [0.15, 0.2) is 0 Å². The van der Waals surface area contributed by atoms with E-state index < -0.39 is 11.4 Å². The van der Waals surface area contributed by atoms with Crippen molar-refractivity contribution in [3.63, 3.8) is 0 Å². The molecule has 1 saturated heterocycles. The maximum atomic E-state index is 12.3. The third-order valence-corrected chi connectivity index (χ3v) is 4.68. The minimum absolute atomic E-state index is 0.0662. The third kappa shape index (κ3) is 3.51. The van der Waals surface area contributed by atoms with Gasteiger partial charge in [-0.25, -0.2) is 0 Å².